The zero-order valence-corrected chi connectivity index (χ0v) is 27.5. The molecule has 0 amide bonds. The van der Waals surface area contributed by atoms with Crippen LogP contribution >= 0.6 is 0 Å². The Morgan fingerprint density at radius 2 is 1.22 bits per heavy atom. The summed E-state index contributed by atoms with van der Waals surface area (Å²) in [6.45, 7) is 4.49. The molecule has 0 saturated heterocycles. The summed E-state index contributed by atoms with van der Waals surface area (Å²) in [5.74, 6) is 0.662. The summed E-state index contributed by atoms with van der Waals surface area (Å²) in [4.78, 5) is 10.0. The molecule has 0 saturated carbocycles. The number of benzene rings is 6. The zero-order chi connectivity index (χ0) is 32.9. The smallest absolute Gasteiger partial charge is 0.180 e. The molecule has 0 aliphatic carbocycles. The first-order chi connectivity index (χ1) is 24.2. The lowest BCUT2D eigenvalue weighted by Gasteiger charge is -2.15. The second-order valence-corrected chi connectivity index (χ2v) is 12.8. The van der Waals surface area contributed by atoms with Gasteiger partial charge in [-0.2, -0.15) is 0 Å². The topological polar surface area (TPSA) is 52.1 Å². The molecular weight excluding hydrogens is 601 g/mol. The largest absolute Gasteiger partial charge is 0.456 e. The molecule has 0 unspecified atom stereocenters. The Balaban J connectivity index is 1.16. The van der Waals surface area contributed by atoms with Gasteiger partial charge < -0.3 is 8.83 Å². The molecule has 0 bridgehead atoms. The number of rotatable bonds is 7. The maximum Gasteiger partial charge on any atom is 0.180 e. The fraction of sp³-hybridized carbons (Fsp3) is 0.111. The van der Waals surface area contributed by atoms with Crippen LogP contribution < -0.4 is 0 Å². The number of hydrogen-bond donors (Lipinski definition) is 0. The summed E-state index contributed by atoms with van der Waals surface area (Å²) >= 11 is 0. The van der Waals surface area contributed by atoms with Crippen molar-refractivity contribution in [1.82, 2.24) is 9.97 Å². The molecule has 0 radical (unpaired) electrons. The number of hydrogen-bond acceptors (Lipinski definition) is 4. The third-order valence-electron chi connectivity index (χ3n) is 9.75. The summed E-state index contributed by atoms with van der Waals surface area (Å²) in [5, 5.41) is 3.13. The Bertz CT molecular complexity index is 2660. The van der Waals surface area contributed by atoms with Crippen LogP contribution in [0.3, 0.4) is 0 Å². The molecule has 49 heavy (non-hydrogen) atoms. The Morgan fingerprint density at radius 3 is 2.06 bits per heavy atom. The van der Waals surface area contributed by atoms with Gasteiger partial charge in [0.25, 0.3) is 0 Å². The molecule has 0 aliphatic heterocycles. The van der Waals surface area contributed by atoms with Crippen molar-refractivity contribution in [3.63, 3.8) is 0 Å². The number of aromatic nitrogens is 2. The Morgan fingerprint density at radius 1 is 0.531 bits per heavy atom. The molecule has 3 heterocycles. The van der Waals surface area contributed by atoms with E-state index in [4.69, 9.17) is 18.8 Å². The molecule has 0 spiro atoms. The lowest BCUT2D eigenvalue weighted by Crippen LogP contribution is -1.94. The first-order valence-electron chi connectivity index (χ1n) is 17.1. The van der Waals surface area contributed by atoms with Crippen molar-refractivity contribution < 1.29 is 8.83 Å². The summed E-state index contributed by atoms with van der Waals surface area (Å²) < 4.78 is 13.0. The molecule has 9 aromatic rings. The van der Waals surface area contributed by atoms with Crippen molar-refractivity contribution in [2.24, 2.45) is 0 Å². The van der Waals surface area contributed by atoms with Crippen LogP contribution in [0.1, 0.15) is 30.9 Å². The van der Waals surface area contributed by atoms with Crippen molar-refractivity contribution in [3.05, 3.63) is 145 Å². The van der Waals surface area contributed by atoms with Gasteiger partial charge in [-0.25, -0.2) is 9.97 Å². The number of unbranched alkanes of at least 4 members (excludes halogenated alkanes) is 1. The van der Waals surface area contributed by atoms with E-state index >= 15 is 0 Å². The van der Waals surface area contributed by atoms with Crippen LogP contribution in [-0.4, -0.2) is 9.97 Å². The predicted octanol–water partition coefficient (Wildman–Crippen LogP) is 12.6. The molecule has 0 N–H and O–H groups in total. The van der Waals surface area contributed by atoms with E-state index in [0.29, 0.717) is 11.4 Å². The highest BCUT2D eigenvalue weighted by atomic mass is 16.3. The Kier molecular flexibility index (Phi) is 7.09. The molecule has 236 valence electrons. The van der Waals surface area contributed by atoms with E-state index < -0.39 is 0 Å². The van der Waals surface area contributed by atoms with Crippen LogP contribution in [0.25, 0.3) is 88.9 Å². The van der Waals surface area contributed by atoms with Crippen LogP contribution in [0, 0.1) is 6.92 Å². The van der Waals surface area contributed by atoms with Crippen LogP contribution in [0.4, 0.5) is 0 Å². The maximum atomic E-state index is 6.61. The predicted molar refractivity (Wildman–Crippen MR) is 202 cm³/mol. The van der Waals surface area contributed by atoms with Crippen molar-refractivity contribution in [2.75, 3.05) is 0 Å². The molecule has 4 nitrogen and oxygen atoms in total. The minimum atomic E-state index is 0.662. The molecular formula is C45H34N2O2. The average molecular weight is 635 g/mol. The van der Waals surface area contributed by atoms with E-state index in [-0.39, 0.29) is 0 Å². The van der Waals surface area contributed by atoms with Crippen LogP contribution in [-0.2, 0) is 6.42 Å². The van der Waals surface area contributed by atoms with Gasteiger partial charge in [-0.3, -0.25) is 0 Å². The van der Waals surface area contributed by atoms with E-state index in [1.807, 2.05) is 48.5 Å². The first kappa shape index (κ1) is 29.2. The minimum Gasteiger partial charge on any atom is -0.456 e. The highest BCUT2D eigenvalue weighted by molar-refractivity contribution is 6.10. The molecule has 0 aliphatic rings. The fourth-order valence-corrected chi connectivity index (χ4v) is 7.20. The zero-order valence-electron chi connectivity index (χ0n) is 27.5. The number of aryl methyl sites for hydroxylation is 1. The van der Waals surface area contributed by atoms with Crippen molar-refractivity contribution in [2.45, 2.75) is 33.1 Å². The van der Waals surface area contributed by atoms with Crippen molar-refractivity contribution in [1.29, 1.82) is 0 Å². The summed E-state index contributed by atoms with van der Waals surface area (Å²) in [5.41, 5.74) is 14.2. The SMILES string of the molecule is CCCCc1ccccc1-c1cccc(-c2ccc3c(c2)oc2cc(-c4nc(-c5ccccc5)nc5c4oc4ccccc45)ccc23)c1C. The van der Waals surface area contributed by atoms with Gasteiger partial charge in [-0.1, -0.05) is 110 Å². The Labute approximate surface area is 284 Å². The average Bonchev–Trinajstić information content (AvgIpc) is 3.71. The number of fused-ring (bicyclic) bond motifs is 6. The van der Waals surface area contributed by atoms with Gasteiger partial charge in [0.2, 0.25) is 0 Å². The summed E-state index contributed by atoms with van der Waals surface area (Å²) in [6, 6.07) is 46.5. The Hall–Kier alpha value is -6.00. The number of nitrogens with zero attached hydrogens (tertiary/aromatic N) is 2. The van der Waals surface area contributed by atoms with E-state index in [0.717, 1.165) is 67.2 Å². The van der Waals surface area contributed by atoms with Gasteiger partial charge in [-0.15, -0.1) is 0 Å². The fourth-order valence-electron chi connectivity index (χ4n) is 7.20. The monoisotopic (exact) mass is 634 g/mol. The van der Waals surface area contributed by atoms with Gasteiger partial charge in [0.15, 0.2) is 11.4 Å². The molecule has 6 aromatic carbocycles. The standard InChI is InChI=1S/C45H34N2O2/c1-3-4-13-29-14-8-9-17-35(29)34-20-12-19-33(28(34)2)31-22-24-36-37-25-23-32(27-41(37)48-40(36)26-31)42-44-43(38-18-10-11-21-39(38)49-44)47-45(46-42)30-15-6-5-7-16-30/h5-12,14-27H,3-4,13H2,1-2H3. The van der Waals surface area contributed by atoms with Gasteiger partial charge in [0, 0.05) is 27.3 Å². The third kappa shape index (κ3) is 4.99. The molecule has 0 fully saturated rings. The van der Waals surface area contributed by atoms with Crippen molar-refractivity contribution >= 4 is 44.0 Å². The van der Waals surface area contributed by atoms with Crippen LogP contribution in [0.5, 0.6) is 0 Å². The molecule has 0 atom stereocenters. The van der Waals surface area contributed by atoms with E-state index in [1.54, 1.807) is 0 Å². The van der Waals surface area contributed by atoms with Gasteiger partial charge in [0.05, 0.1) is 0 Å². The van der Waals surface area contributed by atoms with Crippen LogP contribution in [0.2, 0.25) is 0 Å². The number of furan rings is 2. The molecule has 9 rings (SSSR count). The first-order valence-corrected chi connectivity index (χ1v) is 17.1. The lowest BCUT2D eigenvalue weighted by atomic mass is 9.89. The van der Waals surface area contributed by atoms with Gasteiger partial charge in [-0.05, 0) is 89.5 Å². The maximum absolute atomic E-state index is 6.61. The van der Waals surface area contributed by atoms with Crippen molar-refractivity contribution in [3.8, 4) is 44.9 Å². The molecule has 3 aromatic heterocycles. The summed E-state index contributed by atoms with van der Waals surface area (Å²) in [7, 11) is 0. The minimum absolute atomic E-state index is 0.662. The quantitative estimate of drug-likeness (QED) is 0.175. The summed E-state index contributed by atoms with van der Waals surface area (Å²) in [6.07, 6.45) is 3.47. The normalized spacial score (nSPS) is 11.7. The lowest BCUT2D eigenvalue weighted by molar-refractivity contribution is 0.666. The highest BCUT2D eigenvalue weighted by Gasteiger charge is 2.20. The molecule has 4 heteroatoms. The van der Waals surface area contributed by atoms with E-state index in [9.17, 15) is 0 Å². The second-order valence-electron chi connectivity index (χ2n) is 12.8. The third-order valence-corrected chi connectivity index (χ3v) is 9.75. The number of para-hydroxylation sites is 1. The van der Waals surface area contributed by atoms with Gasteiger partial charge in [0.1, 0.15) is 28.0 Å². The highest BCUT2D eigenvalue weighted by Crippen LogP contribution is 2.40. The van der Waals surface area contributed by atoms with E-state index in [2.05, 4.69) is 98.8 Å². The van der Waals surface area contributed by atoms with E-state index in [1.165, 1.54) is 40.7 Å². The van der Waals surface area contributed by atoms with Crippen LogP contribution in [0.15, 0.2) is 142 Å². The second kappa shape index (κ2) is 11.9. The van der Waals surface area contributed by atoms with Gasteiger partial charge >= 0.3 is 0 Å².